The van der Waals surface area contributed by atoms with Gasteiger partial charge in [0.05, 0.1) is 4.91 Å². The quantitative estimate of drug-likeness (QED) is 0.477. The molecule has 0 aliphatic heterocycles. The van der Waals surface area contributed by atoms with Crippen LogP contribution in [-0.2, 0) is 11.8 Å². The van der Waals surface area contributed by atoms with Crippen LogP contribution in [0.4, 0.5) is 5.69 Å². The number of nitrogens with zero attached hydrogens (tertiary/aromatic N) is 5. The Morgan fingerprint density at radius 2 is 2.12 bits per heavy atom. The van der Waals surface area contributed by atoms with E-state index in [-0.39, 0.29) is 33.8 Å². The minimum absolute atomic E-state index is 0.0909. The molecule has 1 atom stereocenters. The second-order valence-corrected chi connectivity index (χ2v) is 6.01. The van der Waals surface area contributed by atoms with Crippen LogP contribution in [0.15, 0.2) is 18.2 Å². The Hall–Kier alpha value is -2.68. The first-order valence-corrected chi connectivity index (χ1v) is 7.54. The number of tetrazole rings is 1. The highest BCUT2D eigenvalue weighted by Crippen LogP contribution is 2.37. The Kier molecular flexibility index (Phi) is 4.10. The van der Waals surface area contributed by atoms with Gasteiger partial charge in [-0.3, -0.25) is 9.59 Å². The van der Waals surface area contributed by atoms with E-state index in [0.29, 0.717) is 12.8 Å². The van der Waals surface area contributed by atoms with E-state index in [2.05, 4.69) is 15.5 Å². The van der Waals surface area contributed by atoms with E-state index >= 15 is 0 Å². The van der Waals surface area contributed by atoms with Gasteiger partial charge in [0, 0.05) is 24.1 Å². The molecule has 0 amide bonds. The van der Waals surface area contributed by atoms with Gasteiger partial charge in [-0.25, -0.2) is 9.89 Å². The molecule has 1 saturated carbocycles. The molecule has 2 aromatic rings. The summed E-state index contributed by atoms with van der Waals surface area (Å²) in [6, 6.07) is 3.84. The SMILES string of the molecule is Cn1nnnc1C(C(=O)c1ccc(Cl)cc1[N+](=O)O)C(=O)C1CC1. The molecule has 3 rings (SSSR count). The van der Waals surface area contributed by atoms with Crippen molar-refractivity contribution in [2.45, 2.75) is 18.8 Å². The molecular weight excluding hydrogens is 338 g/mol. The number of hydrogen-bond donors (Lipinski definition) is 1. The van der Waals surface area contributed by atoms with E-state index < -0.39 is 16.6 Å². The minimum atomic E-state index is -1.24. The molecule has 1 aromatic carbocycles. The van der Waals surface area contributed by atoms with Gasteiger partial charge < -0.3 is 0 Å². The van der Waals surface area contributed by atoms with Gasteiger partial charge in [0.2, 0.25) is 0 Å². The lowest BCUT2D eigenvalue weighted by molar-refractivity contribution is -0.729. The second-order valence-electron chi connectivity index (χ2n) is 5.57. The van der Waals surface area contributed by atoms with Crippen molar-refractivity contribution in [1.82, 2.24) is 20.2 Å². The van der Waals surface area contributed by atoms with Crippen molar-refractivity contribution in [2.24, 2.45) is 13.0 Å². The van der Waals surface area contributed by atoms with Gasteiger partial charge in [-0.1, -0.05) is 11.6 Å². The molecule has 24 heavy (non-hydrogen) atoms. The van der Waals surface area contributed by atoms with Crippen molar-refractivity contribution >= 4 is 28.9 Å². The minimum Gasteiger partial charge on any atom is -0.298 e. The Morgan fingerprint density at radius 1 is 1.42 bits per heavy atom. The first kappa shape index (κ1) is 16.2. The molecule has 0 saturated heterocycles. The topological polar surface area (TPSA) is 118 Å². The number of aromatic nitrogens is 4. The highest BCUT2D eigenvalue weighted by atomic mass is 35.5. The molecule has 1 heterocycles. The number of carbonyl (C=O) groups excluding carboxylic acids is 2. The number of aryl methyl sites for hydroxylation is 1. The number of carbonyl (C=O) groups is 2. The van der Waals surface area contributed by atoms with Crippen LogP contribution in [0, 0.1) is 10.8 Å². The average molecular weight is 351 g/mol. The highest BCUT2D eigenvalue weighted by Gasteiger charge is 2.43. The Labute approximate surface area is 140 Å². The lowest BCUT2D eigenvalue weighted by Crippen LogP contribution is -2.27. The van der Waals surface area contributed by atoms with Crippen LogP contribution in [0.5, 0.6) is 0 Å². The zero-order valence-electron chi connectivity index (χ0n) is 12.6. The molecular formula is C14H13ClN5O4+. The largest absolute Gasteiger partial charge is 0.328 e. The van der Waals surface area contributed by atoms with Crippen molar-refractivity contribution in [3.05, 3.63) is 39.5 Å². The molecule has 124 valence electrons. The predicted molar refractivity (Wildman–Crippen MR) is 80.1 cm³/mol. The van der Waals surface area contributed by atoms with Gasteiger partial charge in [-0.15, -0.1) is 5.10 Å². The normalized spacial score (nSPS) is 15.1. The molecule has 0 radical (unpaired) electrons. The third-order valence-corrected chi connectivity index (χ3v) is 4.10. The fraction of sp³-hybridized carbons (Fsp3) is 0.357. The maximum absolute atomic E-state index is 13.0. The van der Waals surface area contributed by atoms with Crippen molar-refractivity contribution in [3.63, 3.8) is 0 Å². The van der Waals surface area contributed by atoms with Crippen LogP contribution in [0.25, 0.3) is 0 Å². The molecule has 0 spiro atoms. The van der Waals surface area contributed by atoms with Crippen LogP contribution >= 0.6 is 11.6 Å². The number of halogens is 1. The lowest BCUT2D eigenvalue weighted by Gasteiger charge is -2.12. The highest BCUT2D eigenvalue weighted by molar-refractivity contribution is 6.31. The van der Waals surface area contributed by atoms with Gasteiger partial charge in [-0.2, -0.15) is 0 Å². The summed E-state index contributed by atoms with van der Waals surface area (Å²) in [5.74, 6) is -2.32. The predicted octanol–water partition coefficient (Wildman–Crippen LogP) is 1.61. The Bertz CT molecular complexity index is 845. The van der Waals surface area contributed by atoms with E-state index in [0.717, 1.165) is 6.07 Å². The summed E-state index contributed by atoms with van der Waals surface area (Å²) in [7, 11) is 1.52. The zero-order valence-corrected chi connectivity index (χ0v) is 13.3. The monoisotopic (exact) mass is 350 g/mol. The summed E-state index contributed by atoms with van der Waals surface area (Å²) in [6.07, 6.45) is 1.41. The molecule has 1 aliphatic carbocycles. The van der Waals surface area contributed by atoms with Crippen LogP contribution < -0.4 is 0 Å². The molecule has 1 N–H and O–H groups in total. The van der Waals surface area contributed by atoms with Gasteiger partial charge in [0.15, 0.2) is 17.4 Å². The van der Waals surface area contributed by atoms with E-state index in [9.17, 15) is 19.7 Å². The molecule has 9 nitrogen and oxygen atoms in total. The summed E-state index contributed by atoms with van der Waals surface area (Å²) in [4.78, 5) is 36.5. The smallest absolute Gasteiger partial charge is 0.298 e. The van der Waals surface area contributed by atoms with E-state index in [1.54, 1.807) is 0 Å². The van der Waals surface area contributed by atoms with Gasteiger partial charge >= 0.3 is 5.69 Å². The van der Waals surface area contributed by atoms with Crippen LogP contribution in [0.1, 0.15) is 34.9 Å². The molecule has 10 heteroatoms. The van der Waals surface area contributed by atoms with Crippen molar-refractivity contribution in [2.75, 3.05) is 0 Å². The third-order valence-electron chi connectivity index (χ3n) is 3.87. The maximum atomic E-state index is 13.0. The summed E-state index contributed by atoms with van der Waals surface area (Å²) in [5, 5.41) is 20.3. The fourth-order valence-corrected chi connectivity index (χ4v) is 2.65. The van der Waals surface area contributed by atoms with Crippen LogP contribution in [0.2, 0.25) is 5.02 Å². The molecule has 0 bridgehead atoms. The number of benzene rings is 1. The van der Waals surface area contributed by atoms with Crippen molar-refractivity contribution in [1.29, 1.82) is 0 Å². The summed E-state index contributed by atoms with van der Waals surface area (Å²) in [6.45, 7) is 0. The number of hydrogen-bond acceptors (Lipinski definition) is 6. The molecule has 1 unspecified atom stereocenters. The molecule has 1 aromatic heterocycles. The number of Topliss-reactive ketones (excluding diaryl/α,β-unsaturated/α-hetero) is 2. The fourth-order valence-electron chi connectivity index (χ4n) is 2.49. The average Bonchev–Trinajstić information content (AvgIpc) is 3.31. The zero-order chi connectivity index (χ0) is 17.4. The Balaban J connectivity index is 2.09. The lowest BCUT2D eigenvalue weighted by atomic mass is 9.90. The van der Waals surface area contributed by atoms with Gasteiger partial charge in [0.25, 0.3) is 4.92 Å². The van der Waals surface area contributed by atoms with Gasteiger partial charge in [0.1, 0.15) is 11.5 Å². The summed E-state index contributed by atoms with van der Waals surface area (Å²) >= 11 is 5.80. The Morgan fingerprint density at radius 3 is 2.67 bits per heavy atom. The first-order valence-electron chi connectivity index (χ1n) is 7.16. The van der Waals surface area contributed by atoms with E-state index in [1.807, 2.05) is 0 Å². The molecule has 1 aliphatic rings. The van der Waals surface area contributed by atoms with Crippen LogP contribution in [-0.4, -0.2) is 41.9 Å². The van der Waals surface area contributed by atoms with Crippen molar-refractivity contribution < 1.29 is 19.7 Å². The maximum Gasteiger partial charge on any atom is 0.328 e. The second kappa shape index (κ2) is 6.08. The van der Waals surface area contributed by atoms with E-state index in [1.165, 1.54) is 23.9 Å². The third kappa shape index (κ3) is 2.90. The summed E-state index contributed by atoms with van der Waals surface area (Å²) in [5.41, 5.74) is -0.463. The number of rotatable bonds is 6. The molecule has 1 fully saturated rings. The van der Waals surface area contributed by atoms with Crippen LogP contribution in [0.3, 0.4) is 0 Å². The first-order chi connectivity index (χ1) is 11.4. The standard InChI is InChI=1S/C14H13ClN5O4/c1-19-14(16-17-18-19)11(12(21)7-2-3-7)13(22)9-5-4-8(15)6-10(9)20(23)24/h4-7,11H,2-3H2,1H3,(H,23,24)/q+1. The number of ketones is 2. The van der Waals surface area contributed by atoms with E-state index in [4.69, 9.17) is 11.6 Å². The summed E-state index contributed by atoms with van der Waals surface area (Å²) < 4.78 is 1.24. The van der Waals surface area contributed by atoms with Gasteiger partial charge in [-0.05, 0) is 35.4 Å². The van der Waals surface area contributed by atoms with Crippen molar-refractivity contribution in [3.8, 4) is 0 Å².